The maximum absolute atomic E-state index is 12.6. The van der Waals surface area contributed by atoms with Crippen LogP contribution in [0.5, 0.6) is 5.75 Å². The standard InChI is InChI=1S/C31H46N2O8/c1-19-9-12-31(28(37)38,11-7-8-22-10-13-33(18-22)29(39)41-30(4,5)6)40-25(19)16-24(34)17-32-27(36)23-14-20(2)26(35)21(3)15-23/h7-8,14-15,19,22,24-25,34-35H,9-13,16-18H2,1-6H3,(H,32,36)(H,37,38)/b8-7+/t19?,22?,24?,25-,31+/m0/s1. The van der Waals surface area contributed by atoms with Crippen LogP contribution in [0.3, 0.4) is 0 Å². The van der Waals surface area contributed by atoms with Crippen LogP contribution in [0.15, 0.2) is 24.3 Å². The van der Waals surface area contributed by atoms with Gasteiger partial charge in [-0.25, -0.2) is 9.59 Å². The van der Waals surface area contributed by atoms with Crippen molar-refractivity contribution in [3.63, 3.8) is 0 Å². The zero-order valence-corrected chi connectivity index (χ0v) is 25.1. The van der Waals surface area contributed by atoms with Gasteiger partial charge in [0.05, 0.1) is 12.2 Å². The number of nitrogens with one attached hydrogen (secondary N) is 1. The van der Waals surface area contributed by atoms with Crippen molar-refractivity contribution in [2.24, 2.45) is 11.8 Å². The molecule has 0 saturated carbocycles. The first-order valence-corrected chi connectivity index (χ1v) is 14.4. The van der Waals surface area contributed by atoms with Crippen molar-refractivity contribution < 1.29 is 39.2 Å². The minimum atomic E-state index is -1.40. The molecule has 2 heterocycles. The van der Waals surface area contributed by atoms with E-state index in [1.807, 2.05) is 39.8 Å². The topological polar surface area (TPSA) is 146 Å². The van der Waals surface area contributed by atoms with Gasteiger partial charge in [-0.1, -0.05) is 19.1 Å². The number of benzene rings is 1. The lowest BCUT2D eigenvalue weighted by atomic mass is 9.82. The largest absolute Gasteiger partial charge is 0.507 e. The SMILES string of the molecule is Cc1cc(C(=O)NCC(O)C[C@@H]2O[C@@](C/C=C/C3CCN(C(=O)OC(C)(C)C)C3)(C(=O)O)CCC2C)cc(C)c1O. The molecule has 1 aromatic carbocycles. The normalized spacial score (nSPS) is 25.7. The number of hydrogen-bond acceptors (Lipinski definition) is 7. The first-order valence-electron chi connectivity index (χ1n) is 14.4. The van der Waals surface area contributed by atoms with E-state index in [0.29, 0.717) is 42.6 Å². The van der Waals surface area contributed by atoms with E-state index in [9.17, 15) is 29.7 Å². The van der Waals surface area contributed by atoms with Gasteiger partial charge in [0.1, 0.15) is 11.4 Å². The van der Waals surface area contributed by atoms with E-state index < -0.39 is 29.4 Å². The fourth-order valence-electron chi connectivity index (χ4n) is 5.43. The molecule has 2 amide bonds. The number of rotatable bonds is 9. The van der Waals surface area contributed by atoms with Crippen molar-refractivity contribution in [3.05, 3.63) is 41.0 Å². The Morgan fingerprint density at radius 2 is 1.88 bits per heavy atom. The van der Waals surface area contributed by atoms with Crippen LogP contribution in [0.2, 0.25) is 0 Å². The number of ether oxygens (including phenoxy) is 2. The van der Waals surface area contributed by atoms with Gasteiger partial charge in [-0.15, -0.1) is 0 Å². The Balaban J connectivity index is 1.55. The molecular weight excluding hydrogens is 528 g/mol. The lowest BCUT2D eigenvalue weighted by Gasteiger charge is -2.41. The van der Waals surface area contributed by atoms with E-state index in [0.717, 1.165) is 6.42 Å². The van der Waals surface area contributed by atoms with Gasteiger partial charge in [-0.3, -0.25) is 4.79 Å². The predicted molar refractivity (Wildman–Crippen MR) is 154 cm³/mol. The third-order valence-corrected chi connectivity index (χ3v) is 7.89. The lowest BCUT2D eigenvalue weighted by Crippen LogP contribution is -2.51. The number of likely N-dealkylation sites (tertiary alicyclic amines) is 1. The number of aliphatic hydroxyl groups excluding tert-OH is 1. The molecule has 3 rings (SSSR count). The molecule has 228 valence electrons. The second kappa shape index (κ2) is 13.2. The van der Waals surface area contributed by atoms with Gasteiger partial charge in [0, 0.05) is 38.0 Å². The molecule has 2 fully saturated rings. The number of aryl methyl sites for hydroxylation is 2. The van der Waals surface area contributed by atoms with E-state index in [2.05, 4.69) is 5.32 Å². The summed E-state index contributed by atoms with van der Waals surface area (Å²) in [5.74, 6) is -1.11. The number of phenols is 1. The number of phenolic OH excluding ortho intramolecular Hbond substituents is 1. The summed E-state index contributed by atoms with van der Waals surface area (Å²) in [5.41, 5.74) is -0.392. The second-order valence-electron chi connectivity index (χ2n) is 12.6. The summed E-state index contributed by atoms with van der Waals surface area (Å²) in [4.78, 5) is 39.0. The number of aliphatic carboxylic acids is 1. The van der Waals surface area contributed by atoms with E-state index in [1.54, 1.807) is 30.9 Å². The number of carbonyl (C=O) groups is 3. The molecule has 10 nitrogen and oxygen atoms in total. The number of hydrogen-bond donors (Lipinski definition) is 4. The highest BCUT2D eigenvalue weighted by Gasteiger charge is 2.46. The van der Waals surface area contributed by atoms with Gasteiger partial charge >= 0.3 is 12.1 Å². The summed E-state index contributed by atoms with van der Waals surface area (Å²) in [7, 11) is 0. The number of aliphatic hydroxyl groups is 1. The van der Waals surface area contributed by atoms with Crippen LogP contribution in [0.4, 0.5) is 4.79 Å². The molecular formula is C31H46N2O8. The minimum absolute atomic E-state index is 0.0137. The molecule has 3 unspecified atom stereocenters. The molecule has 0 radical (unpaired) electrons. The third kappa shape index (κ3) is 8.69. The number of nitrogens with zero attached hydrogens (tertiary/aromatic N) is 1. The number of carbonyl (C=O) groups excluding carboxylic acids is 2. The van der Waals surface area contributed by atoms with Crippen molar-refractivity contribution >= 4 is 18.0 Å². The number of aromatic hydroxyl groups is 1. The van der Waals surface area contributed by atoms with Crippen LogP contribution >= 0.6 is 0 Å². The summed E-state index contributed by atoms with van der Waals surface area (Å²) >= 11 is 0. The van der Waals surface area contributed by atoms with Crippen LogP contribution in [-0.4, -0.2) is 81.2 Å². The Labute approximate surface area is 242 Å². The summed E-state index contributed by atoms with van der Waals surface area (Å²) in [5, 5.41) is 33.5. The van der Waals surface area contributed by atoms with Gasteiger partial charge < -0.3 is 35.0 Å². The Hall–Kier alpha value is -3.11. The maximum atomic E-state index is 12.6. The Kier molecular flexibility index (Phi) is 10.5. The monoisotopic (exact) mass is 574 g/mol. The van der Waals surface area contributed by atoms with E-state index in [4.69, 9.17) is 9.47 Å². The fraction of sp³-hybridized carbons (Fsp3) is 0.645. The summed E-state index contributed by atoms with van der Waals surface area (Å²) < 4.78 is 11.6. The molecule has 2 aliphatic heterocycles. The highest BCUT2D eigenvalue weighted by molar-refractivity contribution is 5.94. The molecule has 2 aliphatic rings. The van der Waals surface area contributed by atoms with Gasteiger partial charge in [0.2, 0.25) is 0 Å². The molecule has 2 saturated heterocycles. The Morgan fingerprint density at radius 1 is 1.22 bits per heavy atom. The average Bonchev–Trinajstić information content (AvgIpc) is 3.35. The van der Waals surface area contributed by atoms with E-state index in [1.165, 1.54) is 0 Å². The predicted octanol–water partition coefficient (Wildman–Crippen LogP) is 4.33. The minimum Gasteiger partial charge on any atom is -0.507 e. The van der Waals surface area contributed by atoms with Crippen LogP contribution in [0.1, 0.15) is 81.3 Å². The van der Waals surface area contributed by atoms with E-state index in [-0.39, 0.29) is 49.0 Å². The second-order valence-corrected chi connectivity index (χ2v) is 12.6. The fourth-order valence-corrected chi connectivity index (χ4v) is 5.43. The molecule has 5 atom stereocenters. The third-order valence-electron chi connectivity index (χ3n) is 7.89. The van der Waals surface area contributed by atoms with Crippen molar-refractivity contribution in [1.29, 1.82) is 0 Å². The van der Waals surface area contributed by atoms with Crippen molar-refractivity contribution in [2.75, 3.05) is 19.6 Å². The van der Waals surface area contributed by atoms with Crippen LogP contribution in [0.25, 0.3) is 0 Å². The van der Waals surface area contributed by atoms with Crippen LogP contribution < -0.4 is 5.32 Å². The van der Waals surface area contributed by atoms with Gasteiger partial charge in [0.15, 0.2) is 5.60 Å². The maximum Gasteiger partial charge on any atom is 0.410 e. The smallest absolute Gasteiger partial charge is 0.410 e. The molecule has 0 bridgehead atoms. The quantitative estimate of drug-likeness (QED) is 0.319. The average molecular weight is 575 g/mol. The van der Waals surface area contributed by atoms with Gasteiger partial charge in [0.25, 0.3) is 5.91 Å². The molecule has 4 N–H and O–H groups in total. The molecule has 0 spiro atoms. The highest BCUT2D eigenvalue weighted by atomic mass is 16.6. The van der Waals surface area contributed by atoms with Crippen molar-refractivity contribution in [1.82, 2.24) is 10.2 Å². The van der Waals surface area contributed by atoms with Crippen molar-refractivity contribution in [2.45, 2.75) is 97.1 Å². The Morgan fingerprint density at radius 3 is 2.49 bits per heavy atom. The first-order chi connectivity index (χ1) is 19.1. The van der Waals surface area contributed by atoms with Crippen molar-refractivity contribution in [3.8, 4) is 5.75 Å². The molecule has 0 aromatic heterocycles. The number of carboxylic acid groups (broad SMARTS) is 1. The summed E-state index contributed by atoms with van der Waals surface area (Å²) in [6, 6.07) is 3.18. The zero-order valence-electron chi connectivity index (χ0n) is 25.1. The molecule has 41 heavy (non-hydrogen) atoms. The van der Waals surface area contributed by atoms with Gasteiger partial charge in [-0.2, -0.15) is 0 Å². The molecule has 0 aliphatic carbocycles. The highest BCUT2D eigenvalue weighted by Crippen LogP contribution is 2.37. The Bertz CT molecular complexity index is 1120. The number of carboxylic acids is 1. The van der Waals surface area contributed by atoms with Gasteiger partial charge in [-0.05, 0) is 89.0 Å². The van der Waals surface area contributed by atoms with E-state index >= 15 is 0 Å². The summed E-state index contributed by atoms with van der Waals surface area (Å²) in [6.45, 7) is 12.0. The number of amides is 2. The van der Waals surface area contributed by atoms with Crippen LogP contribution in [-0.2, 0) is 14.3 Å². The zero-order chi connectivity index (χ0) is 30.5. The van der Waals surface area contributed by atoms with Crippen LogP contribution in [0, 0.1) is 25.7 Å². The first kappa shape index (κ1) is 32.4. The molecule has 10 heteroatoms. The summed E-state index contributed by atoms with van der Waals surface area (Å²) in [6.07, 6.45) is 4.16. The molecule has 1 aromatic rings. The lowest BCUT2D eigenvalue weighted by molar-refractivity contribution is -0.194.